The zero-order valence-corrected chi connectivity index (χ0v) is 22.6. The summed E-state index contributed by atoms with van der Waals surface area (Å²) in [5.74, 6) is -1.52. The lowest BCUT2D eigenvalue weighted by molar-refractivity contribution is -0.132. The van der Waals surface area contributed by atoms with E-state index in [1.54, 1.807) is 0 Å². The lowest BCUT2D eigenvalue weighted by Gasteiger charge is -2.24. The molecule has 38 heavy (non-hydrogen) atoms. The number of aliphatic hydroxyl groups excluding tert-OH is 1. The number of fused-ring (bicyclic) bond motifs is 1. The van der Waals surface area contributed by atoms with Crippen LogP contribution in [0.1, 0.15) is 17.2 Å². The molecule has 1 amide bonds. The van der Waals surface area contributed by atoms with Crippen molar-refractivity contribution in [2.75, 3.05) is 38.1 Å². The van der Waals surface area contributed by atoms with Crippen LogP contribution in [0.2, 0.25) is 5.02 Å². The van der Waals surface area contributed by atoms with Crippen molar-refractivity contribution in [3.63, 3.8) is 0 Å². The van der Waals surface area contributed by atoms with E-state index in [1.807, 2.05) is 67.5 Å². The largest absolute Gasteiger partial charge is 0.507 e. The lowest BCUT2D eigenvalue weighted by atomic mass is 9.94. The Morgan fingerprint density at radius 3 is 2.34 bits per heavy atom. The Hall–Kier alpha value is -4.08. The molecule has 1 atom stereocenters. The molecule has 0 saturated carbocycles. The highest BCUT2D eigenvalue weighted by atomic mass is 35.5. The van der Waals surface area contributed by atoms with Crippen LogP contribution in [0.4, 0.5) is 10.8 Å². The first-order valence-electron chi connectivity index (χ1n) is 11.6. The summed E-state index contributed by atoms with van der Waals surface area (Å²) in [6.45, 7) is 0. The van der Waals surface area contributed by atoms with E-state index in [9.17, 15) is 14.7 Å². The normalized spacial score (nSPS) is 16.8. The molecule has 2 heterocycles. The molecular formula is C28H24ClN3O5S. The fourth-order valence-corrected chi connectivity index (χ4v) is 5.68. The zero-order valence-electron chi connectivity index (χ0n) is 21.1. The van der Waals surface area contributed by atoms with Gasteiger partial charge in [-0.05, 0) is 35.9 Å². The predicted octanol–water partition coefficient (Wildman–Crippen LogP) is 5.66. The van der Waals surface area contributed by atoms with E-state index in [0.29, 0.717) is 16.2 Å². The molecule has 1 N–H and O–H groups in total. The van der Waals surface area contributed by atoms with E-state index in [4.69, 9.17) is 21.1 Å². The van der Waals surface area contributed by atoms with Crippen LogP contribution in [0.15, 0.2) is 66.2 Å². The van der Waals surface area contributed by atoms with Gasteiger partial charge in [-0.25, -0.2) is 4.98 Å². The summed E-state index contributed by atoms with van der Waals surface area (Å²) in [5, 5.41) is 12.2. The van der Waals surface area contributed by atoms with Gasteiger partial charge in [0.25, 0.3) is 5.78 Å². The fourth-order valence-electron chi connectivity index (χ4n) is 4.45. The summed E-state index contributed by atoms with van der Waals surface area (Å²) in [6.07, 6.45) is 0. The van der Waals surface area contributed by atoms with Gasteiger partial charge in [-0.3, -0.25) is 14.5 Å². The second-order valence-corrected chi connectivity index (χ2v) is 10.2. The average Bonchev–Trinajstić information content (AvgIpc) is 3.46. The Labute approximate surface area is 228 Å². The molecule has 0 bridgehead atoms. The van der Waals surface area contributed by atoms with Gasteiger partial charge in [-0.2, -0.15) is 0 Å². The second-order valence-electron chi connectivity index (χ2n) is 8.81. The first-order valence-corrected chi connectivity index (χ1v) is 12.8. The molecule has 1 fully saturated rings. The van der Waals surface area contributed by atoms with Crippen LogP contribution in [-0.4, -0.2) is 50.1 Å². The molecular weight excluding hydrogens is 526 g/mol. The van der Waals surface area contributed by atoms with Gasteiger partial charge in [0.2, 0.25) is 0 Å². The van der Waals surface area contributed by atoms with Crippen molar-refractivity contribution in [1.29, 1.82) is 0 Å². The number of benzene rings is 3. The molecule has 1 saturated heterocycles. The van der Waals surface area contributed by atoms with E-state index in [0.717, 1.165) is 10.4 Å². The van der Waals surface area contributed by atoms with Crippen LogP contribution in [0.25, 0.3) is 16.0 Å². The van der Waals surface area contributed by atoms with E-state index >= 15 is 0 Å². The topological polar surface area (TPSA) is 92.2 Å². The predicted molar refractivity (Wildman–Crippen MR) is 150 cm³/mol. The molecule has 1 aromatic heterocycles. The van der Waals surface area contributed by atoms with Crippen molar-refractivity contribution in [2.24, 2.45) is 0 Å². The molecule has 8 nitrogen and oxygen atoms in total. The van der Waals surface area contributed by atoms with Gasteiger partial charge in [0, 0.05) is 25.8 Å². The molecule has 5 rings (SSSR count). The van der Waals surface area contributed by atoms with E-state index in [-0.39, 0.29) is 27.7 Å². The number of hydrogen-bond acceptors (Lipinski definition) is 8. The first kappa shape index (κ1) is 25.6. The monoisotopic (exact) mass is 549 g/mol. The quantitative estimate of drug-likeness (QED) is 0.188. The minimum absolute atomic E-state index is 0.0884. The fraction of sp³-hybridized carbons (Fsp3) is 0.179. The van der Waals surface area contributed by atoms with Crippen molar-refractivity contribution in [1.82, 2.24) is 4.98 Å². The molecule has 1 aliphatic rings. The van der Waals surface area contributed by atoms with Crippen molar-refractivity contribution in [3.8, 4) is 11.5 Å². The second kappa shape index (κ2) is 10.00. The Kier molecular flexibility index (Phi) is 6.73. The first-order chi connectivity index (χ1) is 18.2. The van der Waals surface area contributed by atoms with Gasteiger partial charge < -0.3 is 19.5 Å². The highest BCUT2D eigenvalue weighted by Crippen LogP contribution is 2.46. The van der Waals surface area contributed by atoms with Crippen LogP contribution >= 0.6 is 22.9 Å². The number of aromatic nitrogens is 1. The van der Waals surface area contributed by atoms with Gasteiger partial charge in [0.15, 0.2) is 5.13 Å². The van der Waals surface area contributed by atoms with Crippen LogP contribution in [0.3, 0.4) is 0 Å². The maximum atomic E-state index is 13.6. The maximum Gasteiger partial charge on any atom is 0.301 e. The maximum absolute atomic E-state index is 13.6. The number of methoxy groups -OCH3 is 2. The molecule has 0 spiro atoms. The molecule has 1 aliphatic heterocycles. The smallest absolute Gasteiger partial charge is 0.301 e. The van der Waals surface area contributed by atoms with Crippen LogP contribution in [0.5, 0.6) is 11.5 Å². The molecule has 3 aromatic carbocycles. The lowest BCUT2D eigenvalue weighted by Crippen LogP contribution is -2.29. The number of hydrogen-bond donors (Lipinski definition) is 1. The van der Waals surface area contributed by atoms with Gasteiger partial charge >= 0.3 is 5.91 Å². The Bertz CT molecular complexity index is 1560. The van der Waals surface area contributed by atoms with Crippen molar-refractivity contribution >= 4 is 61.4 Å². The molecule has 1 unspecified atom stereocenters. The molecule has 4 aromatic rings. The minimum Gasteiger partial charge on any atom is -0.507 e. The van der Waals surface area contributed by atoms with Gasteiger partial charge in [0.1, 0.15) is 17.3 Å². The number of ether oxygens (including phenoxy) is 2. The summed E-state index contributed by atoms with van der Waals surface area (Å²) in [5.41, 5.74) is 2.37. The summed E-state index contributed by atoms with van der Waals surface area (Å²) in [7, 11) is 6.70. The van der Waals surface area contributed by atoms with Crippen molar-refractivity contribution < 1.29 is 24.2 Å². The standard InChI is InChI=1S/C28H24ClN3O5S/c1-31(2)16-11-9-15(10-12-16)24-23(25(33)17-13-21(37-4)18(29)14-20(17)36-3)26(34)27(35)32(24)28-30-19-7-5-6-8-22(19)38-28/h5-14,24,33H,1-4H3/b25-23+. The molecule has 194 valence electrons. The minimum atomic E-state index is -0.932. The third kappa shape index (κ3) is 4.23. The number of Topliss-reactive ketones (excluding diaryl/α,β-unsaturated/α-hetero) is 1. The number of thiazole rings is 1. The average molecular weight is 550 g/mol. The Morgan fingerprint density at radius 2 is 1.71 bits per heavy atom. The van der Waals surface area contributed by atoms with Crippen LogP contribution < -0.4 is 19.3 Å². The number of halogens is 1. The summed E-state index contributed by atoms with van der Waals surface area (Å²) in [6, 6.07) is 17.0. The van der Waals surface area contributed by atoms with E-state index < -0.39 is 23.5 Å². The van der Waals surface area contributed by atoms with Gasteiger partial charge in [-0.1, -0.05) is 47.2 Å². The van der Waals surface area contributed by atoms with Gasteiger partial charge in [0.05, 0.1) is 46.6 Å². The number of nitrogens with zero attached hydrogens (tertiary/aromatic N) is 3. The molecule has 10 heteroatoms. The highest BCUT2D eigenvalue weighted by Gasteiger charge is 2.48. The zero-order chi connectivity index (χ0) is 27.1. The number of anilines is 2. The van der Waals surface area contributed by atoms with E-state index in [1.165, 1.54) is 42.6 Å². The van der Waals surface area contributed by atoms with E-state index in [2.05, 4.69) is 4.98 Å². The number of ketones is 1. The Morgan fingerprint density at radius 1 is 1.03 bits per heavy atom. The number of amides is 1. The molecule has 0 aliphatic carbocycles. The number of aliphatic hydroxyl groups is 1. The number of carbonyl (C=O) groups is 2. The number of carbonyl (C=O) groups excluding carboxylic acids is 2. The third-order valence-corrected chi connectivity index (χ3v) is 7.72. The summed E-state index contributed by atoms with van der Waals surface area (Å²) >= 11 is 7.56. The van der Waals surface area contributed by atoms with Gasteiger partial charge in [-0.15, -0.1) is 0 Å². The van der Waals surface area contributed by atoms with Crippen molar-refractivity contribution in [3.05, 3.63) is 82.4 Å². The molecule has 0 radical (unpaired) electrons. The summed E-state index contributed by atoms with van der Waals surface area (Å²) in [4.78, 5) is 35.0. The van der Waals surface area contributed by atoms with Crippen molar-refractivity contribution in [2.45, 2.75) is 6.04 Å². The Balaban J connectivity index is 1.76. The number of para-hydroxylation sites is 1. The third-order valence-electron chi connectivity index (χ3n) is 6.39. The summed E-state index contributed by atoms with van der Waals surface area (Å²) < 4.78 is 11.6. The van der Waals surface area contributed by atoms with Crippen LogP contribution in [-0.2, 0) is 9.59 Å². The number of rotatable bonds is 6. The SMILES string of the molecule is COc1cc(/C(O)=C2\C(=O)C(=O)N(c3nc4ccccc4s3)C2c2ccc(N(C)C)cc2)c(OC)cc1Cl. The van der Waals surface area contributed by atoms with Crippen LogP contribution in [0, 0.1) is 0 Å². The highest BCUT2D eigenvalue weighted by molar-refractivity contribution is 7.22.